The third kappa shape index (κ3) is 4.80. The predicted molar refractivity (Wildman–Crippen MR) is 97.3 cm³/mol. The quantitative estimate of drug-likeness (QED) is 0.837. The zero-order chi connectivity index (χ0) is 16.8. The molecule has 1 aliphatic heterocycles. The van der Waals surface area contributed by atoms with Crippen LogP contribution in [0.3, 0.4) is 0 Å². The molecule has 2 aromatic rings. The molecule has 0 unspecified atom stereocenters. The van der Waals surface area contributed by atoms with Crippen LogP contribution in [0.4, 0.5) is 17.5 Å². The number of morpholine rings is 1. The molecule has 0 radical (unpaired) electrons. The van der Waals surface area contributed by atoms with Gasteiger partial charge in [-0.2, -0.15) is 4.98 Å². The Labute approximate surface area is 147 Å². The van der Waals surface area contributed by atoms with Crippen LogP contribution in [0.15, 0.2) is 30.5 Å². The van der Waals surface area contributed by atoms with E-state index in [-0.39, 0.29) is 0 Å². The van der Waals surface area contributed by atoms with Gasteiger partial charge in [0.15, 0.2) is 0 Å². The Hall–Kier alpha value is -1.89. The Morgan fingerprint density at radius 1 is 1.25 bits per heavy atom. The van der Waals surface area contributed by atoms with Crippen molar-refractivity contribution >= 4 is 29.1 Å². The molecule has 6 nitrogen and oxygen atoms in total. The Kier molecular flexibility index (Phi) is 5.85. The number of aryl methyl sites for hydroxylation is 1. The van der Waals surface area contributed by atoms with Crippen molar-refractivity contribution in [3.63, 3.8) is 0 Å². The molecule has 1 aromatic carbocycles. The Morgan fingerprint density at radius 3 is 2.88 bits per heavy atom. The number of nitrogens with zero attached hydrogens (tertiary/aromatic N) is 3. The Bertz CT molecular complexity index is 676. The van der Waals surface area contributed by atoms with E-state index >= 15 is 0 Å². The summed E-state index contributed by atoms with van der Waals surface area (Å²) in [7, 11) is 0. The number of benzene rings is 1. The second kappa shape index (κ2) is 8.28. The van der Waals surface area contributed by atoms with Crippen LogP contribution < -0.4 is 10.6 Å². The molecule has 0 spiro atoms. The molecule has 0 bridgehead atoms. The van der Waals surface area contributed by atoms with Gasteiger partial charge in [0.2, 0.25) is 5.95 Å². The maximum absolute atomic E-state index is 5.99. The van der Waals surface area contributed by atoms with E-state index in [1.807, 2.05) is 31.2 Å². The second-order valence-electron chi connectivity index (χ2n) is 5.73. The number of nitrogens with one attached hydrogen (secondary N) is 2. The van der Waals surface area contributed by atoms with E-state index in [0.29, 0.717) is 5.95 Å². The summed E-state index contributed by atoms with van der Waals surface area (Å²) < 4.78 is 5.35. The minimum absolute atomic E-state index is 0.566. The molecule has 0 amide bonds. The van der Waals surface area contributed by atoms with E-state index in [0.717, 1.165) is 61.5 Å². The summed E-state index contributed by atoms with van der Waals surface area (Å²) in [5, 5.41) is 7.30. The lowest BCUT2D eigenvalue weighted by molar-refractivity contribution is 0.0398. The molecule has 128 valence electrons. The molecule has 3 rings (SSSR count). The van der Waals surface area contributed by atoms with Gasteiger partial charge in [0.05, 0.1) is 13.2 Å². The van der Waals surface area contributed by atoms with Gasteiger partial charge >= 0.3 is 0 Å². The maximum Gasteiger partial charge on any atom is 0.229 e. The summed E-state index contributed by atoms with van der Waals surface area (Å²) in [6, 6.07) is 7.56. The van der Waals surface area contributed by atoms with Gasteiger partial charge < -0.3 is 15.4 Å². The van der Waals surface area contributed by atoms with Crippen molar-refractivity contribution in [2.75, 3.05) is 50.0 Å². The topological polar surface area (TPSA) is 62.3 Å². The van der Waals surface area contributed by atoms with Crippen LogP contribution in [0, 0.1) is 6.92 Å². The largest absolute Gasteiger partial charge is 0.379 e. The molecule has 2 heterocycles. The fourth-order valence-corrected chi connectivity index (χ4v) is 2.80. The smallest absolute Gasteiger partial charge is 0.229 e. The van der Waals surface area contributed by atoms with Crippen molar-refractivity contribution in [1.82, 2.24) is 14.9 Å². The highest BCUT2D eigenvalue weighted by molar-refractivity contribution is 6.30. The number of ether oxygens (including phenoxy) is 1. The van der Waals surface area contributed by atoms with Crippen molar-refractivity contribution in [2.24, 2.45) is 0 Å². The van der Waals surface area contributed by atoms with Gasteiger partial charge in [-0.15, -0.1) is 0 Å². The summed E-state index contributed by atoms with van der Waals surface area (Å²) in [5.74, 6) is 1.38. The van der Waals surface area contributed by atoms with Crippen LogP contribution in [0.5, 0.6) is 0 Å². The lowest BCUT2D eigenvalue weighted by Crippen LogP contribution is -2.39. The summed E-state index contributed by atoms with van der Waals surface area (Å²) in [5.41, 5.74) is 2.00. The first kappa shape index (κ1) is 17.0. The number of hydrogen-bond donors (Lipinski definition) is 2. The predicted octanol–water partition coefficient (Wildman–Crippen LogP) is 2.93. The summed E-state index contributed by atoms with van der Waals surface area (Å²) >= 11 is 5.99. The van der Waals surface area contributed by atoms with Crippen LogP contribution in [0.1, 0.15) is 5.56 Å². The molecule has 1 fully saturated rings. The minimum Gasteiger partial charge on any atom is -0.379 e. The highest BCUT2D eigenvalue weighted by Gasteiger charge is 2.09. The average molecular weight is 348 g/mol. The maximum atomic E-state index is 5.99. The first-order valence-electron chi connectivity index (χ1n) is 8.11. The highest BCUT2D eigenvalue weighted by atomic mass is 35.5. The third-order valence-electron chi connectivity index (χ3n) is 3.93. The van der Waals surface area contributed by atoms with Gasteiger partial charge in [-0.3, -0.25) is 4.90 Å². The monoisotopic (exact) mass is 347 g/mol. The molecule has 0 atom stereocenters. The van der Waals surface area contributed by atoms with E-state index in [1.54, 1.807) is 6.20 Å². The molecule has 0 aliphatic carbocycles. The second-order valence-corrected chi connectivity index (χ2v) is 6.17. The highest BCUT2D eigenvalue weighted by Crippen LogP contribution is 2.22. The van der Waals surface area contributed by atoms with Gasteiger partial charge in [-0.1, -0.05) is 11.6 Å². The molecular weight excluding hydrogens is 326 g/mol. The van der Waals surface area contributed by atoms with Gasteiger partial charge in [0.1, 0.15) is 5.82 Å². The van der Waals surface area contributed by atoms with Crippen LogP contribution >= 0.6 is 11.6 Å². The SMILES string of the molecule is Cc1cc(Cl)ccc1Nc1nccc(NCCN2CCOCC2)n1. The molecular formula is C17H22ClN5O. The minimum atomic E-state index is 0.566. The molecule has 7 heteroatoms. The molecule has 2 N–H and O–H groups in total. The van der Waals surface area contributed by atoms with Gasteiger partial charge in [-0.25, -0.2) is 4.98 Å². The van der Waals surface area contributed by atoms with E-state index in [4.69, 9.17) is 16.3 Å². The van der Waals surface area contributed by atoms with E-state index in [2.05, 4.69) is 25.5 Å². The summed E-state index contributed by atoms with van der Waals surface area (Å²) in [6.45, 7) is 7.45. The Morgan fingerprint density at radius 2 is 2.08 bits per heavy atom. The number of anilines is 3. The van der Waals surface area contributed by atoms with Crippen LogP contribution in [-0.4, -0.2) is 54.3 Å². The number of hydrogen-bond acceptors (Lipinski definition) is 6. The van der Waals surface area contributed by atoms with Crippen molar-refractivity contribution in [2.45, 2.75) is 6.92 Å². The van der Waals surface area contributed by atoms with Crippen molar-refractivity contribution in [3.8, 4) is 0 Å². The van der Waals surface area contributed by atoms with E-state index < -0.39 is 0 Å². The standard InChI is InChI=1S/C17H22ClN5O/c1-13-12-14(18)2-3-15(13)21-17-20-5-4-16(22-17)19-6-7-23-8-10-24-11-9-23/h2-5,12H,6-11H2,1H3,(H2,19,20,21,22). The fraction of sp³-hybridized carbons (Fsp3) is 0.412. The average Bonchev–Trinajstić information content (AvgIpc) is 2.59. The van der Waals surface area contributed by atoms with Crippen molar-refractivity contribution in [3.05, 3.63) is 41.0 Å². The molecule has 0 saturated carbocycles. The lowest BCUT2D eigenvalue weighted by Gasteiger charge is -2.26. The molecule has 1 aromatic heterocycles. The molecule has 24 heavy (non-hydrogen) atoms. The lowest BCUT2D eigenvalue weighted by atomic mass is 10.2. The normalized spacial score (nSPS) is 15.2. The third-order valence-corrected chi connectivity index (χ3v) is 4.16. The first-order valence-corrected chi connectivity index (χ1v) is 8.49. The van der Waals surface area contributed by atoms with Crippen molar-refractivity contribution < 1.29 is 4.74 Å². The van der Waals surface area contributed by atoms with E-state index in [9.17, 15) is 0 Å². The van der Waals surface area contributed by atoms with Crippen molar-refractivity contribution in [1.29, 1.82) is 0 Å². The number of aromatic nitrogens is 2. The van der Waals surface area contributed by atoms with Gasteiger partial charge in [0.25, 0.3) is 0 Å². The fourth-order valence-electron chi connectivity index (χ4n) is 2.57. The zero-order valence-corrected chi connectivity index (χ0v) is 14.5. The summed E-state index contributed by atoms with van der Waals surface area (Å²) in [6.07, 6.45) is 1.75. The first-order chi connectivity index (χ1) is 11.7. The zero-order valence-electron chi connectivity index (χ0n) is 13.8. The molecule has 1 aliphatic rings. The van der Waals surface area contributed by atoms with E-state index in [1.165, 1.54) is 0 Å². The number of halogens is 1. The molecule has 1 saturated heterocycles. The van der Waals surface area contributed by atoms with Gasteiger partial charge in [-0.05, 0) is 36.8 Å². The number of rotatable bonds is 6. The Balaban J connectivity index is 1.55. The van der Waals surface area contributed by atoms with Crippen LogP contribution in [0.25, 0.3) is 0 Å². The summed E-state index contributed by atoms with van der Waals surface area (Å²) in [4.78, 5) is 11.2. The van der Waals surface area contributed by atoms with Gasteiger partial charge in [0, 0.05) is 43.1 Å². The van der Waals surface area contributed by atoms with Crippen LogP contribution in [0.2, 0.25) is 5.02 Å². The van der Waals surface area contributed by atoms with Crippen LogP contribution in [-0.2, 0) is 4.74 Å².